The predicted octanol–water partition coefficient (Wildman–Crippen LogP) is 3.05. The van der Waals surface area contributed by atoms with Crippen molar-refractivity contribution in [3.8, 4) is 0 Å². The van der Waals surface area contributed by atoms with Gasteiger partial charge in [-0.05, 0) is 35.2 Å². The lowest BCUT2D eigenvalue weighted by molar-refractivity contribution is 0.0955. The highest BCUT2D eigenvalue weighted by Gasteiger charge is 2.35. The minimum absolute atomic E-state index is 0.177. The van der Waals surface area contributed by atoms with E-state index < -0.39 is 10.0 Å². The fourth-order valence-corrected chi connectivity index (χ4v) is 5.47. The van der Waals surface area contributed by atoms with Crippen LogP contribution < -0.4 is 9.73 Å². The van der Waals surface area contributed by atoms with E-state index in [0.29, 0.717) is 16.1 Å². The Kier molecular flexibility index (Phi) is 4.75. The summed E-state index contributed by atoms with van der Waals surface area (Å²) in [5.41, 5.74) is 5.10. The lowest BCUT2D eigenvalue weighted by Gasteiger charge is -2.19. The van der Waals surface area contributed by atoms with Crippen molar-refractivity contribution >= 4 is 38.6 Å². The van der Waals surface area contributed by atoms with Gasteiger partial charge in [-0.2, -0.15) is 5.10 Å². The molecule has 8 nitrogen and oxygen atoms in total. The number of carbonyl (C=O) groups excluding carboxylic acids is 1. The zero-order chi connectivity index (χ0) is 22.3. The number of nitrogens with zero attached hydrogens (tertiary/aromatic N) is 4. The van der Waals surface area contributed by atoms with Gasteiger partial charge in [-0.3, -0.25) is 9.10 Å². The lowest BCUT2D eigenvalue weighted by atomic mass is 10.1. The van der Waals surface area contributed by atoms with Gasteiger partial charge in [0.15, 0.2) is 0 Å². The van der Waals surface area contributed by atoms with Gasteiger partial charge < -0.3 is 4.57 Å². The van der Waals surface area contributed by atoms with Gasteiger partial charge >= 0.3 is 0 Å². The van der Waals surface area contributed by atoms with Crippen molar-refractivity contribution in [1.82, 2.24) is 15.0 Å². The fourth-order valence-electron chi connectivity index (χ4n) is 3.77. The first-order chi connectivity index (χ1) is 15.4. The molecular formula is C23H19N5O3S. The third-order valence-electron chi connectivity index (χ3n) is 5.44. The lowest BCUT2D eigenvalue weighted by Crippen LogP contribution is -2.26. The molecule has 1 aliphatic heterocycles. The van der Waals surface area contributed by atoms with Crippen LogP contribution in [0.1, 0.15) is 21.6 Å². The first-order valence-corrected chi connectivity index (χ1v) is 11.3. The molecule has 1 amide bonds. The van der Waals surface area contributed by atoms with Crippen LogP contribution in [-0.2, 0) is 23.6 Å². The summed E-state index contributed by atoms with van der Waals surface area (Å²) in [6.45, 7) is 0.177. The number of carbonyl (C=O) groups is 1. The second-order valence-electron chi connectivity index (χ2n) is 7.47. The summed E-state index contributed by atoms with van der Waals surface area (Å²) in [6, 6.07) is 17.7. The van der Waals surface area contributed by atoms with Crippen LogP contribution >= 0.6 is 0 Å². The average molecular weight is 446 g/mol. The molecule has 0 saturated heterocycles. The number of aromatic nitrogens is 2. The topological polar surface area (TPSA) is 96.7 Å². The number of hydrogen-bond donors (Lipinski definition) is 1. The molecule has 5 rings (SSSR count). The molecule has 0 unspecified atom stereocenters. The number of rotatable bonds is 5. The van der Waals surface area contributed by atoms with Crippen molar-refractivity contribution in [2.75, 3.05) is 4.31 Å². The zero-order valence-corrected chi connectivity index (χ0v) is 18.0. The molecular weight excluding hydrogens is 426 g/mol. The smallest absolute Gasteiger partial charge is 0.271 e. The highest BCUT2D eigenvalue weighted by atomic mass is 32.2. The highest BCUT2D eigenvalue weighted by Crippen LogP contribution is 2.42. The molecule has 0 saturated carbocycles. The number of sulfonamides is 1. The summed E-state index contributed by atoms with van der Waals surface area (Å²) in [7, 11) is -1.80. The van der Waals surface area contributed by atoms with Gasteiger partial charge in [0.05, 0.1) is 41.6 Å². The van der Waals surface area contributed by atoms with Crippen molar-refractivity contribution in [3.63, 3.8) is 0 Å². The van der Waals surface area contributed by atoms with Crippen LogP contribution in [0.5, 0.6) is 0 Å². The molecule has 160 valence electrons. The Hall–Kier alpha value is -3.98. The van der Waals surface area contributed by atoms with E-state index in [0.717, 1.165) is 22.0 Å². The van der Waals surface area contributed by atoms with Crippen molar-refractivity contribution in [1.29, 1.82) is 0 Å². The molecule has 0 spiro atoms. The van der Waals surface area contributed by atoms with Crippen LogP contribution in [0, 0.1) is 0 Å². The quantitative estimate of drug-likeness (QED) is 0.377. The molecule has 4 aromatic rings. The largest absolute Gasteiger partial charge is 0.333 e. The third kappa shape index (κ3) is 3.32. The number of anilines is 1. The minimum atomic E-state index is -3.63. The number of imidazole rings is 1. The van der Waals surface area contributed by atoms with Crippen LogP contribution in [0.15, 0.2) is 83.2 Å². The van der Waals surface area contributed by atoms with Gasteiger partial charge in [0.2, 0.25) is 0 Å². The zero-order valence-electron chi connectivity index (χ0n) is 17.1. The van der Waals surface area contributed by atoms with Crippen molar-refractivity contribution < 1.29 is 13.2 Å². The summed E-state index contributed by atoms with van der Waals surface area (Å²) >= 11 is 0. The fraction of sp³-hybridized carbons (Fsp3) is 0.0870. The maximum Gasteiger partial charge on any atom is 0.271 e. The Balaban J connectivity index is 1.33. The van der Waals surface area contributed by atoms with Gasteiger partial charge in [-0.25, -0.2) is 18.8 Å². The predicted molar refractivity (Wildman–Crippen MR) is 122 cm³/mol. The number of benzene rings is 3. The van der Waals surface area contributed by atoms with E-state index in [1.807, 2.05) is 31.3 Å². The molecule has 0 atom stereocenters. The second-order valence-corrected chi connectivity index (χ2v) is 9.30. The van der Waals surface area contributed by atoms with E-state index in [-0.39, 0.29) is 12.5 Å². The average Bonchev–Trinajstić information content (AvgIpc) is 3.30. The second kappa shape index (κ2) is 7.61. The molecule has 0 radical (unpaired) electrons. The molecule has 0 fully saturated rings. The minimum Gasteiger partial charge on any atom is -0.333 e. The number of nitrogens with one attached hydrogen (secondary N) is 1. The number of hydrogen-bond acceptors (Lipinski definition) is 5. The standard InChI is InChI=1S/C23H19N5O3S/c1-27-15-24-12-19(27)13-25-26-23(29)18-10-8-16(9-11-18)14-28-20-6-2-4-17-5-3-7-21(22(17)20)32(28,30)31/h2-13,15H,14H2,1H3,(H,26,29)/b25-13+. The summed E-state index contributed by atoms with van der Waals surface area (Å²) < 4.78 is 29.4. The molecule has 2 heterocycles. The summed E-state index contributed by atoms with van der Waals surface area (Å²) in [6.07, 6.45) is 4.78. The summed E-state index contributed by atoms with van der Waals surface area (Å²) in [4.78, 5) is 16.6. The Bertz CT molecular complexity index is 1470. The van der Waals surface area contributed by atoms with E-state index in [4.69, 9.17) is 0 Å². The maximum atomic E-state index is 13.1. The first-order valence-electron chi connectivity index (χ1n) is 9.88. The molecule has 1 aliphatic rings. The van der Waals surface area contributed by atoms with E-state index in [1.165, 1.54) is 10.5 Å². The maximum absolute atomic E-state index is 13.1. The molecule has 1 aromatic heterocycles. The van der Waals surface area contributed by atoms with Crippen molar-refractivity contribution in [2.24, 2.45) is 12.1 Å². The Morgan fingerprint density at radius 3 is 2.56 bits per heavy atom. The van der Waals surface area contributed by atoms with Crippen LogP contribution in [0.2, 0.25) is 0 Å². The normalized spacial score (nSPS) is 14.3. The number of amides is 1. The molecule has 0 bridgehead atoms. The number of hydrazone groups is 1. The highest BCUT2D eigenvalue weighted by molar-refractivity contribution is 7.93. The van der Waals surface area contributed by atoms with E-state index in [2.05, 4.69) is 15.5 Å². The third-order valence-corrected chi connectivity index (χ3v) is 7.24. The molecule has 32 heavy (non-hydrogen) atoms. The van der Waals surface area contributed by atoms with Crippen LogP contribution in [-0.4, -0.2) is 30.1 Å². The first kappa shape index (κ1) is 20.0. The summed E-state index contributed by atoms with van der Waals surface area (Å²) in [5.74, 6) is -0.360. The SMILES string of the molecule is Cn1cncc1/C=N/NC(=O)c1ccc(CN2c3cccc4cccc(c34)S2(=O)=O)cc1. The van der Waals surface area contributed by atoms with Crippen LogP contribution in [0.3, 0.4) is 0 Å². The van der Waals surface area contributed by atoms with Gasteiger partial charge in [-0.15, -0.1) is 0 Å². The van der Waals surface area contributed by atoms with Gasteiger partial charge in [0.1, 0.15) is 0 Å². The van der Waals surface area contributed by atoms with Crippen molar-refractivity contribution in [2.45, 2.75) is 11.4 Å². The Labute approximate surface area is 184 Å². The van der Waals surface area contributed by atoms with Gasteiger partial charge in [0.25, 0.3) is 15.9 Å². The van der Waals surface area contributed by atoms with Crippen LogP contribution in [0.25, 0.3) is 10.8 Å². The molecule has 1 N–H and O–H groups in total. The van der Waals surface area contributed by atoms with Crippen LogP contribution in [0.4, 0.5) is 5.69 Å². The van der Waals surface area contributed by atoms with Gasteiger partial charge in [0, 0.05) is 18.0 Å². The van der Waals surface area contributed by atoms with Gasteiger partial charge in [-0.1, -0.05) is 36.4 Å². The van der Waals surface area contributed by atoms with E-state index in [9.17, 15) is 13.2 Å². The molecule has 3 aromatic carbocycles. The van der Waals surface area contributed by atoms with Crippen molar-refractivity contribution in [3.05, 3.63) is 90.0 Å². The number of aryl methyl sites for hydroxylation is 1. The van der Waals surface area contributed by atoms with E-state index >= 15 is 0 Å². The molecule has 9 heteroatoms. The Morgan fingerprint density at radius 1 is 1.09 bits per heavy atom. The monoisotopic (exact) mass is 445 g/mol. The Morgan fingerprint density at radius 2 is 1.84 bits per heavy atom. The van der Waals surface area contributed by atoms with E-state index in [1.54, 1.807) is 53.5 Å². The molecule has 0 aliphatic carbocycles. The summed E-state index contributed by atoms with van der Waals surface area (Å²) in [5, 5.41) is 5.59.